The van der Waals surface area contributed by atoms with Gasteiger partial charge in [-0.3, -0.25) is 9.59 Å². The summed E-state index contributed by atoms with van der Waals surface area (Å²) in [6.07, 6.45) is 1.71. The van der Waals surface area contributed by atoms with Gasteiger partial charge in [0.15, 0.2) is 11.6 Å². The van der Waals surface area contributed by atoms with Crippen molar-refractivity contribution in [1.82, 2.24) is 10.2 Å². The molecule has 2 amide bonds. The van der Waals surface area contributed by atoms with Crippen LogP contribution in [0.25, 0.3) is 0 Å². The van der Waals surface area contributed by atoms with Gasteiger partial charge in [0.25, 0.3) is 0 Å². The Labute approximate surface area is 152 Å². The summed E-state index contributed by atoms with van der Waals surface area (Å²) in [7, 11) is 0. The first-order valence-electron chi connectivity index (χ1n) is 8.88. The van der Waals surface area contributed by atoms with Gasteiger partial charge in [0.2, 0.25) is 11.8 Å². The maximum Gasteiger partial charge on any atom is 0.243 e. The van der Waals surface area contributed by atoms with Crippen LogP contribution < -0.4 is 11.1 Å². The van der Waals surface area contributed by atoms with Gasteiger partial charge in [0, 0.05) is 24.5 Å². The largest absolute Gasteiger partial charge is 0.350 e. The van der Waals surface area contributed by atoms with Crippen LogP contribution in [0.5, 0.6) is 0 Å². The maximum absolute atomic E-state index is 13.3. The Hall–Kier alpha value is -2.02. The molecule has 1 aliphatic rings. The van der Waals surface area contributed by atoms with Gasteiger partial charge < -0.3 is 16.0 Å². The molecule has 7 heteroatoms. The van der Waals surface area contributed by atoms with Crippen LogP contribution in [0, 0.1) is 11.6 Å². The Bertz CT molecular complexity index is 673. The fourth-order valence-corrected chi connectivity index (χ4v) is 3.17. The molecule has 0 spiro atoms. The lowest BCUT2D eigenvalue weighted by Gasteiger charge is -2.29. The third kappa shape index (κ3) is 5.49. The molecule has 0 unspecified atom stereocenters. The van der Waals surface area contributed by atoms with Crippen LogP contribution in [0.1, 0.15) is 45.6 Å². The summed E-state index contributed by atoms with van der Waals surface area (Å²) in [5.41, 5.74) is 6.19. The Balaban J connectivity index is 1.94. The standard InChI is InChI=1S/C19H27F2N3O2/c1-19(2,3)23-18(26)16-5-4-8-24(16)17(25)11-13(22)9-12-6-7-14(20)15(21)10-12/h6-7,10,13,16H,4-5,8-9,11,22H2,1-3H3,(H,23,26)/t13-,16+/m1/s1. The van der Waals surface area contributed by atoms with Gasteiger partial charge >= 0.3 is 0 Å². The Kier molecular flexibility index (Phi) is 6.34. The highest BCUT2D eigenvalue weighted by molar-refractivity contribution is 5.88. The van der Waals surface area contributed by atoms with Gasteiger partial charge in [0.1, 0.15) is 6.04 Å². The highest BCUT2D eigenvalue weighted by atomic mass is 19.2. The molecule has 3 N–H and O–H groups in total. The average molecular weight is 367 g/mol. The van der Waals surface area contributed by atoms with Gasteiger partial charge in [-0.05, 0) is 57.7 Å². The number of halogens is 2. The lowest BCUT2D eigenvalue weighted by atomic mass is 10.0. The van der Waals surface area contributed by atoms with Crippen molar-refractivity contribution in [3.63, 3.8) is 0 Å². The molecule has 5 nitrogen and oxygen atoms in total. The first-order valence-corrected chi connectivity index (χ1v) is 8.88. The van der Waals surface area contributed by atoms with Crippen molar-refractivity contribution in [1.29, 1.82) is 0 Å². The number of hydrogen-bond donors (Lipinski definition) is 2. The van der Waals surface area contributed by atoms with E-state index in [-0.39, 0.29) is 30.2 Å². The second kappa shape index (κ2) is 8.12. The number of amides is 2. The number of nitrogens with two attached hydrogens (primary N) is 1. The topological polar surface area (TPSA) is 75.4 Å². The number of nitrogens with one attached hydrogen (secondary N) is 1. The smallest absolute Gasteiger partial charge is 0.243 e. The zero-order chi connectivity index (χ0) is 19.5. The number of nitrogens with zero attached hydrogens (tertiary/aromatic N) is 1. The normalized spacial score (nSPS) is 18.7. The van der Waals surface area contributed by atoms with Gasteiger partial charge in [-0.2, -0.15) is 0 Å². The summed E-state index contributed by atoms with van der Waals surface area (Å²) >= 11 is 0. The van der Waals surface area contributed by atoms with Crippen LogP contribution in [-0.4, -0.2) is 40.9 Å². The zero-order valence-corrected chi connectivity index (χ0v) is 15.5. The van der Waals surface area contributed by atoms with E-state index in [1.165, 1.54) is 6.07 Å². The summed E-state index contributed by atoms with van der Waals surface area (Å²) in [6, 6.07) is 2.59. The molecule has 1 saturated heterocycles. The summed E-state index contributed by atoms with van der Waals surface area (Å²) in [6.45, 7) is 6.20. The SMILES string of the molecule is CC(C)(C)NC(=O)[C@@H]1CCCN1C(=O)C[C@H](N)Cc1ccc(F)c(F)c1. The number of rotatable bonds is 5. The zero-order valence-electron chi connectivity index (χ0n) is 15.5. The summed E-state index contributed by atoms with van der Waals surface area (Å²) in [5.74, 6) is -2.19. The van der Waals surface area contributed by atoms with Crippen molar-refractivity contribution in [3.8, 4) is 0 Å². The lowest BCUT2D eigenvalue weighted by Crippen LogP contribution is -2.52. The Morgan fingerprint density at radius 1 is 1.31 bits per heavy atom. The van der Waals surface area contributed by atoms with E-state index in [9.17, 15) is 18.4 Å². The monoisotopic (exact) mass is 367 g/mol. The first kappa shape index (κ1) is 20.3. The van der Waals surface area contributed by atoms with Crippen LogP contribution in [0.15, 0.2) is 18.2 Å². The van der Waals surface area contributed by atoms with Gasteiger partial charge in [-0.1, -0.05) is 6.07 Å². The van der Waals surface area contributed by atoms with Crippen molar-refractivity contribution in [2.45, 2.75) is 64.1 Å². The molecule has 2 rings (SSSR count). The molecule has 2 atom stereocenters. The molecular formula is C19H27F2N3O2. The van der Waals surface area contributed by atoms with Crippen molar-refractivity contribution in [2.24, 2.45) is 5.73 Å². The molecule has 1 aromatic rings. The van der Waals surface area contributed by atoms with Crippen molar-refractivity contribution in [3.05, 3.63) is 35.4 Å². The first-order chi connectivity index (χ1) is 12.1. The lowest BCUT2D eigenvalue weighted by molar-refractivity contribution is -0.139. The minimum absolute atomic E-state index is 0.0539. The highest BCUT2D eigenvalue weighted by Gasteiger charge is 2.35. The predicted molar refractivity (Wildman–Crippen MR) is 95.3 cm³/mol. The number of likely N-dealkylation sites (tertiary alicyclic amines) is 1. The molecular weight excluding hydrogens is 340 g/mol. The van der Waals surface area contributed by atoms with Crippen molar-refractivity contribution in [2.75, 3.05) is 6.54 Å². The molecule has 0 saturated carbocycles. The summed E-state index contributed by atoms with van der Waals surface area (Å²) < 4.78 is 26.3. The van der Waals surface area contributed by atoms with Crippen LogP contribution in [-0.2, 0) is 16.0 Å². The molecule has 144 valence electrons. The highest BCUT2D eigenvalue weighted by Crippen LogP contribution is 2.20. The van der Waals surface area contributed by atoms with Crippen LogP contribution in [0.2, 0.25) is 0 Å². The van der Waals surface area contributed by atoms with Gasteiger partial charge in [0.05, 0.1) is 0 Å². The van der Waals surface area contributed by atoms with Crippen LogP contribution in [0.4, 0.5) is 8.78 Å². The molecule has 1 heterocycles. The fourth-order valence-electron chi connectivity index (χ4n) is 3.17. The van der Waals surface area contributed by atoms with E-state index in [1.54, 1.807) is 4.90 Å². The third-order valence-corrected chi connectivity index (χ3v) is 4.29. The van der Waals surface area contributed by atoms with Crippen LogP contribution in [0.3, 0.4) is 0 Å². The quantitative estimate of drug-likeness (QED) is 0.837. The van der Waals surface area contributed by atoms with Crippen LogP contribution >= 0.6 is 0 Å². The summed E-state index contributed by atoms with van der Waals surface area (Å²) in [4.78, 5) is 26.6. The minimum Gasteiger partial charge on any atom is -0.350 e. The van der Waals surface area contributed by atoms with E-state index in [1.807, 2.05) is 20.8 Å². The van der Waals surface area contributed by atoms with Gasteiger partial charge in [-0.15, -0.1) is 0 Å². The molecule has 0 aromatic heterocycles. The molecule has 1 fully saturated rings. The minimum atomic E-state index is -0.931. The van der Waals surface area contributed by atoms with E-state index in [4.69, 9.17) is 5.73 Å². The maximum atomic E-state index is 13.3. The molecule has 26 heavy (non-hydrogen) atoms. The average Bonchev–Trinajstić information content (AvgIpc) is 2.99. The fraction of sp³-hybridized carbons (Fsp3) is 0.579. The second-order valence-corrected chi connectivity index (χ2v) is 7.90. The molecule has 1 aromatic carbocycles. The van der Waals surface area contributed by atoms with E-state index in [0.29, 0.717) is 18.5 Å². The molecule has 1 aliphatic heterocycles. The van der Waals surface area contributed by atoms with Gasteiger partial charge in [-0.25, -0.2) is 8.78 Å². The summed E-state index contributed by atoms with van der Waals surface area (Å²) in [5, 5.41) is 2.91. The van der Waals surface area contributed by atoms with E-state index < -0.39 is 23.7 Å². The van der Waals surface area contributed by atoms with Crippen molar-refractivity contribution < 1.29 is 18.4 Å². The number of benzene rings is 1. The van der Waals surface area contributed by atoms with E-state index in [2.05, 4.69) is 5.32 Å². The predicted octanol–water partition coefficient (Wildman–Crippen LogP) is 2.13. The number of hydrogen-bond acceptors (Lipinski definition) is 3. The molecule has 0 bridgehead atoms. The Morgan fingerprint density at radius 2 is 2.00 bits per heavy atom. The molecule has 0 aliphatic carbocycles. The molecule has 0 radical (unpaired) electrons. The third-order valence-electron chi connectivity index (χ3n) is 4.29. The van der Waals surface area contributed by atoms with Crippen molar-refractivity contribution >= 4 is 11.8 Å². The van der Waals surface area contributed by atoms with E-state index in [0.717, 1.165) is 18.6 Å². The Morgan fingerprint density at radius 3 is 2.62 bits per heavy atom. The second-order valence-electron chi connectivity index (χ2n) is 7.90. The number of carbonyl (C=O) groups is 2. The number of carbonyl (C=O) groups excluding carboxylic acids is 2. The van der Waals surface area contributed by atoms with E-state index >= 15 is 0 Å².